The standard InChI is InChI=1S/C16H20BrN3OS.2ClH/c1-4-13(14-19-10(2)9-22-14)20-15(21)16(3,18)11-5-7-12(17)8-6-11;;/h5-9,13H,4,18H2,1-3H3,(H,20,21);2*1H. The molecule has 0 spiro atoms. The number of hydrogen-bond acceptors (Lipinski definition) is 4. The van der Waals surface area contributed by atoms with Crippen molar-refractivity contribution in [2.24, 2.45) is 5.73 Å². The fraction of sp³-hybridized carbons (Fsp3) is 0.375. The normalized spacial score (nSPS) is 13.9. The Bertz CT molecular complexity index is 662. The monoisotopic (exact) mass is 453 g/mol. The molecule has 0 saturated carbocycles. The Morgan fingerprint density at radius 1 is 1.38 bits per heavy atom. The molecule has 1 aromatic heterocycles. The fourth-order valence-electron chi connectivity index (χ4n) is 2.11. The highest BCUT2D eigenvalue weighted by Crippen LogP contribution is 2.25. The molecule has 0 aliphatic carbocycles. The molecule has 0 bridgehead atoms. The van der Waals surface area contributed by atoms with Crippen LogP contribution in [0.5, 0.6) is 0 Å². The number of thiazole rings is 1. The van der Waals surface area contributed by atoms with E-state index in [0.717, 1.165) is 27.2 Å². The summed E-state index contributed by atoms with van der Waals surface area (Å²) in [5.74, 6) is -0.200. The van der Waals surface area contributed by atoms with Gasteiger partial charge in [-0.05, 0) is 38.0 Å². The van der Waals surface area contributed by atoms with Gasteiger partial charge in [-0.15, -0.1) is 36.2 Å². The summed E-state index contributed by atoms with van der Waals surface area (Å²) in [4.78, 5) is 17.1. The summed E-state index contributed by atoms with van der Waals surface area (Å²) in [5.41, 5.74) is 6.94. The van der Waals surface area contributed by atoms with Crippen molar-refractivity contribution in [3.63, 3.8) is 0 Å². The molecule has 0 aliphatic rings. The largest absolute Gasteiger partial charge is 0.345 e. The van der Waals surface area contributed by atoms with Gasteiger partial charge in [0.05, 0.1) is 6.04 Å². The van der Waals surface area contributed by atoms with Crippen LogP contribution in [0.15, 0.2) is 34.1 Å². The highest BCUT2D eigenvalue weighted by molar-refractivity contribution is 9.10. The van der Waals surface area contributed by atoms with Crippen molar-refractivity contribution in [1.29, 1.82) is 0 Å². The quantitative estimate of drug-likeness (QED) is 0.698. The van der Waals surface area contributed by atoms with Gasteiger partial charge in [0.25, 0.3) is 0 Å². The lowest BCUT2D eigenvalue weighted by molar-refractivity contribution is -0.126. The van der Waals surface area contributed by atoms with Crippen LogP contribution in [0, 0.1) is 6.92 Å². The zero-order chi connectivity index (χ0) is 16.3. The molecule has 2 unspecified atom stereocenters. The van der Waals surface area contributed by atoms with Gasteiger partial charge in [-0.2, -0.15) is 0 Å². The summed E-state index contributed by atoms with van der Waals surface area (Å²) in [6.07, 6.45) is 0.773. The summed E-state index contributed by atoms with van der Waals surface area (Å²) < 4.78 is 0.956. The van der Waals surface area contributed by atoms with Crippen molar-refractivity contribution in [2.45, 2.75) is 38.8 Å². The molecule has 0 saturated heterocycles. The Morgan fingerprint density at radius 3 is 2.42 bits per heavy atom. The minimum Gasteiger partial charge on any atom is -0.345 e. The zero-order valence-corrected chi connectivity index (χ0v) is 17.7. The topological polar surface area (TPSA) is 68.0 Å². The average Bonchev–Trinajstić information content (AvgIpc) is 2.91. The molecule has 8 heteroatoms. The molecule has 0 fully saturated rings. The van der Waals surface area contributed by atoms with E-state index in [1.807, 2.05) is 43.5 Å². The number of hydrogen-bond donors (Lipinski definition) is 2. The maximum atomic E-state index is 12.6. The Morgan fingerprint density at radius 2 is 1.96 bits per heavy atom. The van der Waals surface area contributed by atoms with Crippen LogP contribution in [-0.2, 0) is 10.3 Å². The molecule has 2 rings (SSSR count). The van der Waals surface area contributed by atoms with Crippen LogP contribution in [0.1, 0.15) is 42.6 Å². The van der Waals surface area contributed by atoms with Gasteiger partial charge in [-0.1, -0.05) is 35.0 Å². The van der Waals surface area contributed by atoms with E-state index in [4.69, 9.17) is 5.73 Å². The molecule has 4 nitrogen and oxygen atoms in total. The lowest BCUT2D eigenvalue weighted by Gasteiger charge is -2.26. The van der Waals surface area contributed by atoms with Crippen molar-refractivity contribution in [1.82, 2.24) is 10.3 Å². The molecule has 1 aromatic carbocycles. The third-order valence-electron chi connectivity index (χ3n) is 3.56. The van der Waals surface area contributed by atoms with E-state index in [-0.39, 0.29) is 36.8 Å². The second kappa shape index (κ2) is 9.73. The van der Waals surface area contributed by atoms with Gasteiger partial charge >= 0.3 is 0 Å². The van der Waals surface area contributed by atoms with Crippen LogP contribution in [0.4, 0.5) is 0 Å². The number of nitrogens with two attached hydrogens (primary N) is 1. The lowest BCUT2D eigenvalue weighted by atomic mass is 9.92. The smallest absolute Gasteiger partial charge is 0.244 e. The van der Waals surface area contributed by atoms with E-state index < -0.39 is 5.54 Å². The van der Waals surface area contributed by atoms with Crippen LogP contribution >= 0.6 is 52.1 Å². The molecule has 0 radical (unpaired) electrons. The van der Waals surface area contributed by atoms with Gasteiger partial charge in [0.2, 0.25) is 5.91 Å². The molecule has 134 valence electrons. The van der Waals surface area contributed by atoms with Crippen molar-refractivity contribution in [3.05, 3.63) is 50.4 Å². The van der Waals surface area contributed by atoms with E-state index in [1.54, 1.807) is 18.3 Å². The highest BCUT2D eigenvalue weighted by Gasteiger charge is 2.32. The van der Waals surface area contributed by atoms with E-state index in [1.165, 1.54) is 0 Å². The molecule has 2 aromatic rings. The fourth-order valence-corrected chi connectivity index (χ4v) is 3.30. The lowest BCUT2D eigenvalue weighted by Crippen LogP contribution is -2.49. The second-order valence-electron chi connectivity index (χ2n) is 5.47. The number of carbonyl (C=O) groups is 1. The SMILES string of the molecule is CCC(NC(=O)C(C)(N)c1ccc(Br)cc1)c1nc(C)cs1.Cl.Cl. The Labute approximate surface area is 167 Å². The number of aromatic nitrogens is 1. The summed E-state index contributed by atoms with van der Waals surface area (Å²) in [5, 5.41) is 5.93. The molecular formula is C16H22BrCl2N3OS. The highest BCUT2D eigenvalue weighted by atomic mass is 79.9. The first-order valence-corrected chi connectivity index (χ1v) is 8.79. The van der Waals surface area contributed by atoms with Crippen molar-refractivity contribution in [2.75, 3.05) is 0 Å². The van der Waals surface area contributed by atoms with Crippen molar-refractivity contribution >= 4 is 58.0 Å². The number of benzene rings is 1. The van der Waals surface area contributed by atoms with Crippen LogP contribution in [-0.4, -0.2) is 10.9 Å². The summed E-state index contributed by atoms with van der Waals surface area (Å²) in [6, 6.07) is 7.38. The van der Waals surface area contributed by atoms with E-state index in [0.29, 0.717) is 0 Å². The first-order valence-electron chi connectivity index (χ1n) is 7.12. The molecule has 24 heavy (non-hydrogen) atoms. The Balaban J connectivity index is 0.00000264. The number of carbonyl (C=O) groups excluding carboxylic acids is 1. The van der Waals surface area contributed by atoms with Crippen molar-refractivity contribution in [3.8, 4) is 0 Å². The van der Waals surface area contributed by atoms with Gasteiger partial charge in [-0.3, -0.25) is 4.79 Å². The molecule has 0 aliphatic heterocycles. The number of nitrogens with one attached hydrogen (secondary N) is 1. The molecule has 1 amide bonds. The van der Waals surface area contributed by atoms with E-state index >= 15 is 0 Å². The van der Waals surface area contributed by atoms with E-state index in [2.05, 4.69) is 26.2 Å². The maximum Gasteiger partial charge on any atom is 0.244 e. The first kappa shape index (κ1) is 23.3. The van der Waals surface area contributed by atoms with Gasteiger partial charge in [0, 0.05) is 15.5 Å². The third-order valence-corrected chi connectivity index (χ3v) is 5.17. The summed E-state index contributed by atoms with van der Waals surface area (Å²) >= 11 is 4.95. The number of amides is 1. The minimum atomic E-state index is -1.08. The summed E-state index contributed by atoms with van der Waals surface area (Å²) in [6.45, 7) is 5.70. The number of rotatable bonds is 5. The van der Waals surface area contributed by atoms with Crippen molar-refractivity contribution < 1.29 is 4.79 Å². The van der Waals surface area contributed by atoms with Crippen LogP contribution in [0.2, 0.25) is 0 Å². The molecule has 2 atom stereocenters. The number of nitrogens with zero attached hydrogens (tertiary/aromatic N) is 1. The van der Waals surface area contributed by atoms with Crippen LogP contribution < -0.4 is 11.1 Å². The molecule has 1 heterocycles. The predicted octanol–water partition coefficient (Wildman–Crippen LogP) is 4.50. The van der Waals surface area contributed by atoms with E-state index in [9.17, 15) is 4.79 Å². The van der Waals surface area contributed by atoms with Gasteiger partial charge in [-0.25, -0.2) is 4.98 Å². The van der Waals surface area contributed by atoms with Crippen LogP contribution in [0.25, 0.3) is 0 Å². The van der Waals surface area contributed by atoms with Gasteiger partial charge in [0.1, 0.15) is 10.5 Å². The summed E-state index contributed by atoms with van der Waals surface area (Å²) in [7, 11) is 0. The van der Waals surface area contributed by atoms with Crippen LogP contribution in [0.3, 0.4) is 0 Å². The number of aryl methyl sites for hydroxylation is 1. The Kier molecular flexibility index (Phi) is 9.46. The zero-order valence-electron chi connectivity index (χ0n) is 13.7. The van der Waals surface area contributed by atoms with Gasteiger partial charge in [0.15, 0.2) is 0 Å². The third kappa shape index (κ3) is 5.43. The maximum absolute atomic E-state index is 12.6. The number of halogens is 3. The minimum absolute atomic E-state index is 0. The Hall–Kier alpha value is -0.660. The molecular weight excluding hydrogens is 433 g/mol. The predicted molar refractivity (Wildman–Crippen MR) is 108 cm³/mol. The first-order chi connectivity index (χ1) is 10.3. The molecule has 3 N–H and O–H groups in total. The van der Waals surface area contributed by atoms with Gasteiger partial charge < -0.3 is 11.1 Å². The average molecular weight is 455 g/mol. The second-order valence-corrected chi connectivity index (χ2v) is 7.28.